The van der Waals surface area contributed by atoms with Crippen molar-refractivity contribution in [2.45, 2.75) is 114 Å². The summed E-state index contributed by atoms with van der Waals surface area (Å²) in [7, 11) is 0. The largest absolute Gasteiger partial charge is 0.429 e. The Hall–Kier alpha value is -1.10. The average Bonchev–Trinajstić information content (AvgIpc) is 3.43. The molecule has 37 heavy (non-hydrogen) atoms. The molecule has 2 spiro atoms. The van der Waals surface area contributed by atoms with E-state index in [1.807, 2.05) is 13.8 Å². The summed E-state index contributed by atoms with van der Waals surface area (Å²) in [5, 5.41) is 44.9. The first-order valence-corrected chi connectivity index (χ1v) is 14.1. The van der Waals surface area contributed by atoms with Gasteiger partial charge >= 0.3 is 5.97 Å². The summed E-state index contributed by atoms with van der Waals surface area (Å²) < 4.78 is 18.5. The number of esters is 1. The van der Waals surface area contributed by atoms with Crippen molar-refractivity contribution in [1.29, 1.82) is 0 Å². The summed E-state index contributed by atoms with van der Waals surface area (Å²) in [6.45, 7) is 9.35. The Kier molecular flexibility index (Phi) is 4.69. The van der Waals surface area contributed by atoms with Crippen LogP contribution in [0.4, 0.5) is 0 Å². The van der Waals surface area contributed by atoms with E-state index in [1.54, 1.807) is 13.8 Å². The van der Waals surface area contributed by atoms with Crippen LogP contribution < -0.4 is 0 Å². The SMILES string of the molecule is CC1C(=O)OC2(OC3CC4C5CC6OC67C(O)C(O)CC(=O)C7(C)C5CCC4(C)C3C(C)(O)C2O)C1C. The molecule has 0 amide bonds. The molecule has 7 fully saturated rings. The van der Waals surface area contributed by atoms with Crippen LogP contribution in [0.25, 0.3) is 0 Å². The van der Waals surface area contributed by atoms with Crippen LogP contribution in [-0.2, 0) is 23.8 Å². The smallest absolute Gasteiger partial charge is 0.311 e. The van der Waals surface area contributed by atoms with Gasteiger partial charge in [0.25, 0.3) is 0 Å². The highest BCUT2D eigenvalue weighted by Crippen LogP contribution is 2.75. The second kappa shape index (κ2) is 6.96. The summed E-state index contributed by atoms with van der Waals surface area (Å²) in [4.78, 5) is 26.1. The number of hydrogen-bond acceptors (Lipinski definition) is 9. The van der Waals surface area contributed by atoms with E-state index in [2.05, 4.69) is 6.92 Å². The van der Waals surface area contributed by atoms with Gasteiger partial charge in [-0.25, -0.2) is 0 Å². The van der Waals surface area contributed by atoms with E-state index in [1.165, 1.54) is 0 Å². The van der Waals surface area contributed by atoms with E-state index in [4.69, 9.17) is 14.2 Å². The molecule has 0 bridgehead atoms. The van der Waals surface area contributed by atoms with Gasteiger partial charge in [-0.2, -0.15) is 0 Å². The molecule has 0 aromatic carbocycles. The molecule has 3 aliphatic heterocycles. The number of fused-ring (bicyclic) bond motifs is 6. The van der Waals surface area contributed by atoms with Crippen LogP contribution in [0.15, 0.2) is 0 Å². The molecule has 0 aromatic heterocycles. The van der Waals surface area contributed by atoms with E-state index >= 15 is 0 Å². The molecule has 4 aliphatic carbocycles. The molecular weight excluding hydrogens is 480 g/mol. The summed E-state index contributed by atoms with van der Waals surface area (Å²) in [6, 6.07) is 0. The number of carbonyl (C=O) groups is 2. The van der Waals surface area contributed by atoms with E-state index in [0.717, 1.165) is 12.8 Å². The van der Waals surface area contributed by atoms with Crippen molar-refractivity contribution in [2.24, 2.45) is 46.3 Å². The van der Waals surface area contributed by atoms with Gasteiger partial charge in [0.1, 0.15) is 29.2 Å². The minimum atomic E-state index is -1.59. The quantitative estimate of drug-likeness (QED) is 0.271. The first kappa shape index (κ1) is 24.9. The Morgan fingerprint density at radius 2 is 1.68 bits per heavy atom. The fourth-order valence-electron chi connectivity index (χ4n) is 10.9. The van der Waals surface area contributed by atoms with E-state index in [0.29, 0.717) is 12.8 Å². The van der Waals surface area contributed by atoms with Crippen molar-refractivity contribution in [3.63, 3.8) is 0 Å². The fraction of sp³-hybridized carbons (Fsp3) is 0.929. The van der Waals surface area contributed by atoms with Gasteiger partial charge in [-0.15, -0.1) is 0 Å². The molecule has 16 atom stereocenters. The predicted octanol–water partition coefficient (Wildman–Crippen LogP) is 0.933. The average molecular weight is 521 g/mol. The molecule has 0 radical (unpaired) electrons. The highest BCUT2D eigenvalue weighted by Gasteiger charge is 2.83. The Labute approximate surface area is 216 Å². The monoisotopic (exact) mass is 520 g/mol. The molecule has 7 aliphatic rings. The molecule has 3 heterocycles. The molecule has 0 aromatic rings. The number of rotatable bonds is 0. The van der Waals surface area contributed by atoms with Crippen molar-refractivity contribution < 1.29 is 44.2 Å². The topological polar surface area (TPSA) is 146 Å². The highest BCUT2D eigenvalue weighted by atomic mass is 16.7. The van der Waals surface area contributed by atoms with Crippen LogP contribution in [-0.4, -0.2) is 79.7 Å². The van der Waals surface area contributed by atoms with Gasteiger partial charge in [-0.1, -0.05) is 20.8 Å². The standard InChI is InChI=1S/C28H40O9/c1-11-12(2)28(37-22(11)32)23(33)26(5,34)20-17(35-28)9-15-13-8-19-27(36-19)21(31)16(29)10-18(30)25(27,4)14(13)6-7-24(15,20)3/h11-17,19-21,23,29,31,33-34H,6-10H2,1-5H3. The van der Waals surface area contributed by atoms with Crippen LogP contribution >= 0.6 is 0 Å². The van der Waals surface area contributed by atoms with Crippen LogP contribution in [0.5, 0.6) is 0 Å². The van der Waals surface area contributed by atoms with Gasteiger partial charge in [0, 0.05) is 18.3 Å². The van der Waals surface area contributed by atoms with Gasteiger partial charge in [0.05, 0.1) is 29.6 Å². The number of hydrogen-bond donors (Lipinski definition) is 4. The van der Waals surface area contributed by atoms with Gasteiger partial charge in [0.15, 0.2) is 0 Å². The first-order valence-electron chi connectivity index (χ1n) is 14.1. The van der Waals surface area contributed by atoms with Crippen LogP contribution in [0.2, 0.25) is 0 Å². The second-order valence-corrected chi connectivity index (χ2v) is 14.1. The van der Waals surface area contributed by atoms with Crippen molar-refractivity contribution >= 4 is 11.8 Å². The maximum Gasteiger partial charge on any atom is 0.311 e. The molecule has 3 saturated heterocycles. The summed E-state index contributed by atoms with van der Waals surface area (Å²) >= 11 is 0. The molecule has 4 saturated carbocycles. The Morgan fingerprint density at radius 3 is 2.32 bits per heavy atom. The van der Waals surface area contributed by atoms with E-state index in [9.17, 15) is 30.0 Å². The van der Waals surface area contributed by atoms with Gasteiger partial charge in [-0.3, -0.25) is 9.59 Å². The number of ether oxygens (including phenoxy) is 3. The molecule has 206 valence electrons. The normalized spacial score (nSPS) is 65.8. The summed E-state index contributed by atoms with van der Waals surface area (Å²) in [5.41, 5.74) is -3.81. The van der Waals surface area contributed by atoms with Gasteiger partial charge in [0.2, 0.25) is 5.79 Å². The molecule has 16 unspecified atom stereocenters. The lowest BCUT2D eigenvalue weighted by molar-refractivity contribution is -0.368. The third-order valence-corrected chi connectivity index (χ3v) is 12.9. The van der Waals surface area contributed by atoms with Crippen LogP contribution in [0.3, 0.4) is 0 Å². The van der Waals surface area contributed by atoms with Crippen molar-refractivity contribution in [1.82, 2.24) is 0 Å². The number of epoxide rings is 1. The minimum Gasteiger partial charge on any atom is -0.429 e. The fourth-order valence-corrected chi connectivity index (χ4v) is 10.9. The Balaban J connectivity index is 1.27. The van der Waals surface area contributed by atoms with Gasteiger partial charge < -0.3 is 34.6 Å². The second-order valence-electron chi connectivity index (χ2n) is 14.1. The predicted molar refractivity (Wildman–Crippen MR) is 127 cm³/mol. The zero-order valence-electron chi connectivity index (χ0n) is 22.2. The number of aliphatic hydroxyl groups is 4. The lowest BCUT2D eigenvalue weighted by Gasteiger charge is -2.60. The highest BCUT2D eigenvalue weighted by molar-refractivity contribution is 5.89. The summed E-state index contributed by atoms with van der Waals surface area (Å²) in [5.74, 6) is -3.13. The molecular formula is C28H40O9. The number of carbonyl (C=O) groups excluding carboxylic acids is 2. The van der Waals surface area contributed by atoms with E-state index in [-0.39, 0.29) is 47.4 Å². The maximum atomic E-state index is 13.5. The lowest BCUT2D eigenvalue weighted by atomic mass is 9.43. The Morgan fingerprint density at radius 1 is 0.973 bits per heavy atom. The summed E-state index contributed by atoms with van der Waals surface area (Å²) in [6.07, 6.45) is -1.61. The van der Waals surface area contributed by atoms with Crippen molar-refractivity contribution in [3.8, 4) is 0 Å². The third-order valence-electron chi connectivity index (χ3n) is 12.9. The maximum absolute atomic E-state index is 13.5. The number of aliphatic hydroxyl groups excluding tert-OH is 3. The zero-order valence-corrected chi connectivity index (χ0v) is 22.2. The zero-order chi connectivity index (χ0) is 26.7. The van der Waals surface area contributed by atoms with Gasteiger partial charge in [-0.05, 0) is 62.7 Å². The van der Waals surface area contributed by atoms with Crippen LogP contribution in [0, 0.1) is 46.3 Å². The third kappa shape index (κ3) is 2.50. The van der Waals surface area contributed by atoms with Crippen molar-refractivity contribution in [3.05, 3.63) is 0 Å². The minimum absolute atomic E-state index is 0.0220. The number of ketones is 1. The van der Waals surface area contributed by atoms with E-state index < -0.39 is 64.6 Å². The van der Waals surface area contributed by atoms with Crippen LogP contribution in [0.1, 0.15) is 66.7 Å². The van der Waals surface area contributed by atoms with Crippen molar-refractivity contribution in [2.75, 3.05) is 0 Å². The Bertz CT molecular complexity index is 1080. The number of Topliss-reactive ketones (excluding diaryl/α,β-unsaturated/α-hetero) is 1. The lowest BCUT2D eigenvalue weighted by Crippen LogP contribution is -2.71. The molecule has 9 nitrogen and oxygen atoms in total. The first-order chi connectivity index (χ1) is 17.2. The molecule has 9 heteroatoms. The molecule has 4 N–H and O–H groups in total. The molecule has 7 rings (SSSR count).